The van der Waals surface area contributed by atoms with Crippen molar-refractivity contribution in [1.29, 1.82) is 0 Å². The lowest BCUT2D eigenvalue weighted by Crippen LogP contribution is -2.40. The number of aromatic amines is 1. The molecule has 0 spiro atoms. The maximum atomic E-state index is 12.8. The first-order valence-corrected chi connectivity index (χ1v) is 10.1. The minimum absolute atomic E-state index is 0.0579. The van der Waals surface area contributed by atoms with Crippen molar-refractivity contribution in [3.05, 3.63) is 64.6 Å². The van der Waals surface area contributed by atoms with Crippen LogP contribution in [0.1, 0.15) is 23.2 Å². The van der Waals surface area contributed by atoms with Crippen molar-refractivity contribution in [2.24, 2.45) is 5.92 Å². The molecule has 4 rings (SSSR count). The van der Waals surface area contributed by atoms with Gasteiger partial charge in [-0.05, 0) is 43.2 Å². The van der Waals surface area contributed by atoms with Crippen molar-refractivity contribution >= 4 is 26.9 Å². The number of hydrogen-bond acceptors (Lipinski definition) is 5. The summed E-state index contributed by atoms with van der Waals surface area (Å²) in [5.74, 6) is -0.873. The fourth-order valence-corrected chi connectivity index (χ4v) is 4.92. The smallest absolute Gasteiger partial charge is 0.408 e. The maximum Gasteiger partial charge on any atom is 0.417 e. The van der Waals surface area contributed by atoms with Gasteiger partial charge in [-0.3, -0.25) is 9.78 Å². The van der Waals surface area contributed by atoms with Crippen molar-refractivity contribution in [2.75, 3.05) is 13.1 Å². The Morgan fingerprint density at radius 3 is 2.48 bits per heavy atom. The first-order valence-electron chi connectivity index (χ1n) is 8.67. The summed E-state index contributed by atoms with van der Waals surface area (Å²) >= 11 is 0. The molecule has 1 aliphatic rings. The first-order chi connectivity index (χ1) is 12.9. The average Bonchev–Trinajstić information content (AvgIpc) is 3.07. The number of carbonyl (C=O) groups is 1. The predicted molar refractivity (Wildman–Crippen MR) is 99.1 cm³/mol. The number of carbonyl (C=O) groups excluding carboxylic acids is 1. The molecule has 0 unspecified atom stereocenters. The van der Waals surface area contributed by atoms with Crippen LogP contribution in [0.4, 0.5) is 0 Å². The third-order valence-corrected chi connectivity index (χ3v) is 6.82. The third kappa shape index (κ3) is 3.33. The lowest BCUT2D eigenvalue weighted by molar-refractivity contribution is 0.0875. The molecule has 1 aromatic heterocycles. The fourth-order valence-electron chi connectivity index (χ4n) is 3.43. The number of H-pyrrole nitrogens is 1. The zero-order valence-corrected chi connectivity index (χ0v) is 15.2. The van der Waals surface area contributed by atoms with Gasteiger partial charge >= 0.3 is 5.76 Å². The lowest BCUT2D eigenvalue weighted by atomic mass is 9.89. The van der Waals surface area contributed by atoms with Gasteiger partial charge in [0.15, 0.2) is 11.4 Å². The quantitative estimate of drug-likeness (QED) is 0.694. The third-order valence-electron chi connectivity index (χ3n) is 4.91. The highest BCUT2D eigenvalue weighted by atomic mass is 32.2. The highest BCUT2D eigenvalue weighted by Crippen LogP contribution is 2.27. The van der Waals surface area contributed by atoms with E-state index in [1.54, 1.807) is 48.5 Å². The molecule has 3 aromatic rings. The number of piperidine rings is 1. The minimum atomic E-state index is -3.53. The van der Waals surface area contributed by atoms with Gasteiger partial charge in [0.2, 0.25) is 10.0 Å². The topological polar surface area (TPSA) is 100 Å². The van der Waals surface area contributed by atoms with Gasteiger partial charge in [-0.2, -0.15) is 4.31 Å². The Bertz CT molecular complexity index is 1140. The van der Waals surface area contributed by atoms with E-state index < -0.39 is 15.8 Å². The molecule has 1 N–H and O–H groups in total. The van der Waals surface area contributed by atoms with Gasteiger partial charge in [0.1, 0.15) is 0 Å². The van der Waals surface area contributed by atoms with E-state index >= 15 is 0 Å². The number of nitrogens with one attached hydrogen (secondary N) is 1. The summed E-state index contributed by atoms with van der Waals surface area (Å²) in [6, 6.07) is 13.2. The Morgan fingerprint density at radius 1 is 1.07 bits per heavy atom. The average molecular weight is 386 g/mol. The van der Waals surface area contributed by atoms with Gasteiger partial charge < -0.3 is 4.42 Å². The molecule has 2 aromatic carbocycles. The number of rotatable bonds is 4. The predicted octanol–water partition coefficient (Wildman–Crippen LogP) is 2.40. The molecule has 0 bridgehead atoms. The van der Waals surface area contributed by atoms with Gasteiger partial charge in [-0.25, -0.2) is 13.2 Å². The van der Waals surface area contributed by atoms with Crippen LogP contribution in [0.2, 0.25) is 0 Å². The monoisotopic (exact) mass is 386 g/mol. The van der Waals surface area contributed by atoms with Crippen LogP contribution in [0.3, 0.4) is 0 Å². The van der Waals surface area contributed by atoms with Crippen molar-refractivity contribution in [1.82, 2.24) is 9.29 Å². The van der Waals surface area contributed by atoms with E-state index in [9.17, 15) is 18.0 Å². The van der Waals surface area contributed by atoms with E-state index in [2.05, 4.69) is 4.98 Å². The summed E-state index contributed by atoms with van der Waals surface area (Å²) in [6.45, 7) is 0.601. The number of benzene rings is 2. The molecule has 0 amide bonds. The summed E-state index contributed by atoms with van der Waals surface area (Å²) in [4.78, 5) is 26.8. The number of nitrogens with zero attached hydrogens (tertiary/aromatic N) is 1. The van der Waals surface area contributed by atoms with Crippen molar-refractivity contribution < 1.29 is 17.6 Å². The SMILES string of the molecule is O=C(c1ccc2[nH]c(=O)oc2c1)C1CCN(S(=O)(=O)c2ccccc2)CC1. The Balaban J connectivity index is 1.48. The number of oxazole rings is 1. The first kappa shape index (κ1) is 17.7. The van der Waals surface area contributed by atoms with Crippen LogP contribution in [-0.4, -0.2) is 36.6 Å². The highest BCUT2D eigenvalue weighted by molar-refractivity contribution is 7.89. The van der Waals surface area contributed by atoms with Crippen molar-refractivity contribution in [2.45, 2.75) is 17.7 Å². The lowest BCUT2D eigenvalue weighted by Gasteiger charge is -2.30. The van der Waals surface area contributed by atoms with Crippen LogP contribution in [0.15, 0.2) is 62.6 Å². The van der Waals surface area contributed by atoms with Crippen LogP contribution in [0.5, 0.6) is 0 Å². The number of Topliss-reactive ketones (excluding diaryl/α,β-unsaturated/α-hetero) is 1. The minimum Gasteiger partial charge on any atom is -0.408 e. The highest BCUT2D eigenvalue weighted by Gasteiger charge is 2.32. The molecular weight excluding hydrogens is 368 g/mol. The second-order valence-electron chi connectivity index (χ2n) is 6.58. The van der Waals surface area contributed by atoms with E-state index in [1.165, 1.54) is 4.31 Å². The Morgan fingerprint density at radius 2 is 1.78 bits per heavy atom. The normalized spacial score (nSPS) is 16.6. The largest absolute Gasteiger partial charge is 0.417 e. The maximum absolute atomic E-state index is 12.8. The van der Waals surface area contributed by atoms with Crippen molar-refractivity contribution in [3.8, 4) is 0 Å². The molecule has 8 heteroatoms. The Kier molecular flexibility index (Phi) is 4.45. The molecular formula is C19H18N2O5S. The molecule has 140 valence electrons. The van der Waals surface area contributed by atoms with Crippen LogP contribution in [-0.2, 0) is 10.0 Å². The number of sulfonamides is 1. The van der Waals surface area contributed by atoms with Gasteiger partial charge in [0.25, 0.3) is 0 Å². The van der Waals surface area contributed by atoms with Crippen LogP contribution in [0, 0.1) is 5.92 Å². The summed E-state index contributed by atoms with van der Waals surface area (Å²) in [6.07, 6.45) is 0.917. The molecule has 0 aliphatic carbocycles. The molecule has 1 aliphatic heterocycles. The number of fused-ring (bicyclic) bond motifs is 1. The second-order valence-corrected chi connectivity index (χ2v) is 8.52. The number of aromatic nitrogens is 1. The second kappa shape index (κ2) is 6.79. The Hall–Kier alpha value is -2.71. The number of ketones is 1. The summed E-state index contributed by atoms with van der Waals surface area (Å²) in [5, 5.41) is 0. The molecule has 0 radical (unpaired) electrons. The summed E-state index contributed by atoms with van der Waals surface area (Å²) in [7, 11) is -3.53. The van der Waals surface area contributed by atoms with Gasteiger partial charge in [0.05, 0.1) is 10.4 Å². The molecule has 1 saturated heterocycles. The number of hydrogen-bond donors (Lipinski definition) is 1. The van der Waals surface area contributed by atoms with Gasteiger partial charge in [-0.15, -0.1) is 0 Å². The van der Waals surface area contributed by atoms with Crippen molar-refractivity contribution in [3.63, 3.8) is 0 Å². The summed E-state index contributed by atoms with van der Waals surface area (Å²) < 4.78 is 31.8. The summed E-state index contributed by atoms with van der Waals surface area (Å²) in [5.41, 5.74) is 1.35. The molecule has 0 saturated carbocycles. The van der Waals surface area contributed by atoms with E-state index in [1.807, 2.05) is 0 Å². The standard InChI is InChI=1S/C19H18N2O5S/c22-18(14-6-7-16-17(12-14)26-19(23)20-16)13-8-10-21(11-9-13)27(24,25)15-4-2-1-3-5-15/h1-7,12-13H,8-11H2,(H,20,23). The van der Waals surface area contributed by atoms with Crippen LogP contribution >= 0.6 is 0 Å². The van der Waals surface area contributed by atoms with Crippen LogP contribution in [0.25, 0.3) is 11.1 Å². The molecule has 2 heterocycles. The Labute approximate surface area is 155 Å². The molecule has 7 nitrogen and oxygen atoms in total. The zero-order valence-electron chi connectivity index (χ0n) is 14.4. The van der Waals surface area contributed by atoms with E-state index in [0.717, 1.165) is 0 Å². The van der Waals surface area contributed by atoms with Gasteiger partial charge in [-0.1, -0.05) is 18.2 Å². The molecule has 27 heavy (non-hydrogen) atoms. The van der Waals surface area contributed by atoms with E-state index in [0.29, 0.717) is 42.6 Å². The van der Waals surface area contributed by atoms with Crippen LogP contribution < -0.4 is 5.76 Å². The molecule has 0 atom stereocenters. The van der Waals surface area contributed by atoms with Gasteiger partial charge in [0, 0.05) is 24.6 Å². The van der Waals surface area contributed by atoms with E-state index in [4.69, 9.17) is 4.42 Å². The zero-order chi connectivity index (χ0) is 19.0. The fraction of sp³-hybridized carbons (Fsp3) is 0.263. The molecule has 1 fully saturated rings. The van der Waals surface area contributed by atoms with E-state index in [-0.39, 0.29) is 16.6 Å².